The normalized spacial score (nSPS) is 17.3. The van der Waals surface area contributed by atoms with Crippen molar-refractivity contribution in [3.05, 3.63) is 64.7 Å². The second kappa shape index (κ2) is 7.83. The van der Waals surface area contributed by atoms with E-state index in [9.17, 15) is 9.59 Å². The summed E-state index contributed by atoms with van der Waals surface area (Å²) < 4.78 is 0. The molecule has 1 atom stereocenters. The van der Waals surface area contributed by atoms with Crippen LogP contribution in [0.3, 0.4) is 0 Å². The van der Waals surface area contributed by atoms with Crippen LogP contribution in [0.15, 0.2) is 42.5 Å². The molecule has 0 aliphatic carbocycles. The van der Waals surface area contributed by atoms with Gasteiger partial charge in [-0.05, 0) is 57.4 Å². The molecule has 4 nitrogen and oxygen atoms in total. The summed E-state index contributed by atoms with van der Waals surface area (Å²) in [6.07, 6.45) is 1.89. The lowest BCUT2D eigenvalue weighted by atomic mass is 10.1. The van der Waals surface area contributed by atoms with Crippen molar-refractivity contribution in [2.24, 2.45) is 0 Å². The van der Waals surface area contributed by atoms with Crippen molar-refractivity contribution in [1.29, 1.82) is 0 Å². The van der Waals surface area contributed by atoms with Crippen LogP contribution in [-0.2, 0) is 11.3 Å². The van der Waals surface area contributed by atoms with Gasteiger partial charge in [0, 0.05) is 17.8 Å². The number of ketones is 1. The zero-order valence-corrected chi connectivity index (χ0v) is 15.7. The van der Waals surface area contributed by atoms with Crippen LogP contribution < -0.4 is 5.32 Å². The van der Waals surface area contributed by atoms with E-state index in [1.54, 1.807) is 12.1 Å². The van der Waals surface area contributed by atoms with Crippen LogP contribution in [-0.4, -0.2) is 29.2 Å². The number of amides is 1. The van der Waals surface area contributed by atoms with Crippen molar-refractivity contribution in [2.45, 2.75) is 46.2 Å². The van der Waals surface area contributed by atoms with Gasteiger partial charge in [0.1, 0.15) is 0 Å². The first kappa shape index (κ1) is 18.3. The van der Waals surface area contributed by atoms with E-state index in [1.165, 1.54) is 18.1 Å². The van der Waals surface area contributed by atoms with Gasteiger partial charge < -0.3 is 5.32 Å². The first-order valence-electron chi connectivity index (χ1n) is 9.16. The molecule has 26 heavy (non-hydrogen) atoms. The van der Waals surface area contributed by atoms with E-state index in [0.29, 0.717) is 5.56 Å². The summed E-state index contributed by atoms with van der Waals surface area (Å²) in [5, 5.41) is 3.04. The number of carbonyl (C=O) groups is 2. The number of anilines is 1. The van der Waals surface area contributed by atoms with Crippen molar-refractivity contribution >= 4 is 17.4 Å². The molecule has 136 valence electrons. The Kier molecular flexibility index (Phi) is 5.52. The number of rotatable bonds is 5. The Labute approximate surface area is 155 Å². The predicted octanol–water partition coefficient (Wildman–Crippen LogP) is 4.11. The molecule has 1 N–H and O–H groups in total. The Hall–Kier alpha value is -2.46. The second-order valence-electron chi connectivity index (χ2n) is 7.19. The van der Waals surface area contributed by atoms with Gasteiger partial charge in [-0.25, -0.2) is 0 Å². The monoisotopic (exact) mass is 350 g/mol. The van der Waals surface area contributed by atoms with Gasteiger partial charge in [-0.1, -0.05) is 42.0 Å². The Balaban J connectivity index is 1.72. The fourth-order valence-corrected chi connectivity index (χ4v) is 3.55. The van der Waals surface area contributed by atoms with Crippen LogP contribution in [0.4, 0.5) is 5.69 Å². The topological polar surface area (TPSA) is 49.4 Å². The first-order chi connectivity index (χ1) is 12.4. The molecule has 1 amide bonds. The van der Waals surface area contributed by atoms with Gasteiger partial charge in [0.2, 0.25) is 5.91 Å². The molecule has 1 heterocycles. The molecule has 1 fully saturated rings. The van der Waals surface area contributed by atoms with Crippen molar-refractivity contribution in [3.63, 3.8) is 0 Å². The van der Waals surface area contributed by atoms with E-state index in [2.05, 4.69) is 41.4 Å². The molecule has 0 radical (unpaired) electrons. The van der Waals surface area contributed by atoms with E-state index in [-0.39, 0.29) is 17.7 Å². The molecule has 0 aromatic heterocycles. The fraction of sp³-hybridized carbons (Fsp3) is 0.364. The molecule has 0 spiro atoms. The Bertz CT molecular complexity index is 829. The van der Waals surface area contributed by atoms with Crippen LogP contribution >= 0.6 is 0 Å². The van der Waals surface area contributed by atoms with Crippen LogP contribution in [0.1, 0.15) is 46.8 Å². The number of nitrogens with one attached hydrogen (secondary N) is 1. The van der Waals surface area contributed by atoms with Gasteiger partial charge in [0.05, 0.1) is 6.04 Å². The maximum absolute atomic E-state index is 12.9. The highest BCUT2D eigenvalue weighted by atomic mass is 16.2. The van der Waals surface area contributed by atoms with Crippen molar-refractivity contribution in [1.82, 2.24) is 4.90 Å². The number of nitrogens with zero attached hydrogens (tertiary/aromatic N) is 1. The largest absolute Gasteiger partial charge is 0.324 e. The maximum atomic E-state index is 12.9. The van der Waals surface area contributed by atoms with Gasteiger partial charge in [0.25, 0.3) is 0 Å². The van der Waals surface area contributed by atoms with E-state index in [1.807, 2.05) is 13.0 Å². The molecule has 1 unspecified atom stereocenters. The minimum absolute atomic E-state index is 0.00226. The zero-order chi connectivity index (χ0) is 18.7. The highest BCUT2D eigenvalue weighted by Gasteiger charge is 2.30. The molecule has 4 heteroatoms. The summed E-state index contributed by atoms with van der Waals surface area (Å²) in [4.78, 5) is 26.7. The quantitative estimate of drug-likeness (QED) is 0.826. The Morgan fingerprint density at radius 1 is 1.15 bits per heavy atom. The van der Waals surface area contributed by atoms with E-state index < -0.39 is 0 Å². The number of likely N-dealkylation sites (tertiary alicyclic amines) is 1. The van der Waals surface area contributed by atoms with Gasteiger partial charge in [0.15, 0.2) is 5.78 Å². The average Bonchev–Trinajstić information content (AvgIpc) is 3.05. The van der Waals surface area contributed by atoms with Crippen molar-refractivity contribution in [2.75, 3.05) is 11.9 Å². The van der Waals surface area contributed by atoms with Crippen molar-refractivity contribution in [3.8, 4) is 0 Å². The molecule has 2 aromatic carbocycles. The predicted molar refractivity (Wildman–Crippen MR) is 104 cm³/mol. The van der Waals surface area contributed by atoms with Crippen LogP contribution in [0.25, 0.3) is 0 Å². The third-order valence-electron chi connectivity index (χ3n) is 5.04. The highest BCUT2D eigenvalue weighted by Crippen LogP contribution is 2.24. The van der Waals surface area contributed by atoms with Crippen LogP contribution in [0.5, 0.6) is 0 Å². The number of carbonyl (C=O) groups excluding carboxylic acids is 2. The summed E-state index contributed by atoms with van der Waals surface area (Å²) in [5.74, 6) is 0.0152. The smallest absolute Gasteiger partial charge is 0.241 e. The maximum Gasteiger partial charge on any atom is 0.241 e. The first-order valence-corrected chi connectivity index (χ1v) is 9.16. The number of Topliss-reactive ketones (excluding diaryl/α,β-unsaturated/α-hetero) is 1. The fourth-order valence-electron chi connectivity index (χ4n) is 3.55. The molecule has 0 saturated carbocycles. The molecular weight excluding hydrogens is 324 g/mol. The van der Waals surface area contributed by atoms with Gasteiger partial charge in [-0.2, -0.15) is 0 Å². The number of aryl methyl sites for hydroxylation is 2. The summed E-state index contributed by atoms with van der Waals surface area (Å²) in [5.41, 5.74) is 4.78. The summed E-state index contributed by atoms with van der Waals surface area (Å²) >= 11 is 0. The summed E-state index contributed by atoms with van der Waals surface area (Å²) in [6.45, 7) is 7.28. The zero-order valence-electron chi connectivity index (χ0n) is 15.7. The number of benzene rings is 2. The van der Waals surface area contributed by atoms with E-state index >= 15 is 0 Å². The molecule has 1 aliphatic rings. The van der Waals surface area contributed by atoms with Gasteiger partial charge in [-0.3, -0.25) is 14.5 Å². The Morgan fingerprint density at radius 3 is 2.69 bits per heavy atom. The molecule has 1 saturated heterocycles. The third-order valence-corrected chi connectivity index (χ3v) is 5.04. The van der Waals surface area contributed by atoms with E-state index in [4.69, 9.17) is 0 Å². The molecular formula is C22H26N2O2. The van der Waals surface area contributed by atoms with Crippen LogP contribution in [0.2, 0.25) is 0 Å². The minimum atomic E-state index is -0.129. The second-order valence-corrected chi connectivity index (χ2v) is 7.19. The van der Waals surface area contributed by atoms with Crippen molar-refractivity contribution < 1.29 is 9.59 Å². The third kappa shape index (κ3) is 4.20. The van der Waals surface area contributed by atoms with Gasteiger partial charge in [-0.15, -0.1) is 0 Å². The minimum Gasteiger partial charge on any atom is -0.324 e. The molecule has 3 rings (SSSR count). The number of hydrogen-bond acceptors (Lipinski definition) is 3. The number of hydrogen-bond donors (Lipinski definition) is 1. The van der Waals surface area contributed by atoms with E-state index in [0.717, 1.165) is 37.2 Å². The molecule has 0 bridgehead atoms. The molecule has 2 aromatic rings. The summed E-state index contributed by atoms with van der Waals surface area (Å²) in [7, 11) is 0. The highest BCUT2D eigenvalue weighted by molar-refractivity contribution is 5.99. The lowest BCUT2D eigenvalue weighted by Crippen LogP contribution is -2.39. The van der Waals surface area contributed by atoms with Gasteiger partial charge >= 0.3 is 0 Å². The summed E-state index contributed by atoms with van der Waals surface area (Å²) in [6, 6.07) is 13.8. The van der Waals surface area contributed by atoms with Crippen LogP contribution in [0, 0.1) is 13.8 Å². The SMILES string of the molecule is CC(=O)c1ccc(C)c(NC(=O)C2CCCN2Cc2cccc(C)c2)c1. The lowest BCUT2D eigenvalue weighted by molar-refractivity contribution is -0.120. The lowest BCUT2D eigenvalue weighted by Gasteiger charge is -2.24. The Morgan fingerprint density at radius 2 is 1.96 bits per heavy atom. The molecule has 1 aliphatic heterocycles. The standard InChI is InChI=1S/C22H26N2O2/c1-15-6-4-7-18(12-15)14-24-11-5-8-21(24)22(26)23-20-13-19(17(3)25)10-9-16(20)2/h4,6-7,9-10,12-13,21H,5,8,11,14H2,1-3H3,(H,23,26). The average molecular weight is 350 g/mol.